The van der Waals surface area contributed by atoms with Gasteiger partial charge in [0, 0.05) is 11.1 Å². The molecule has 0 aromatic heterocycles. The molecule has 10 heteroatoms. The molecule has 0 radical (unpaired) electrons. The van der Waals surface area contributed by atoms with Crippen molar-refractivity contribution in [1.82, 2.24) is 0 Å². The normalized spacial score (nSPS) is 15.8. The van der Waals surface area contributed by atoms with Crippen LogP contribution in [0.2, 0.25) is 5.02 Å². The predicted molar refractivity (Wildman–Crippen MR) is 110 cm³/mol. The van der Waals surface area contributed by atoms with E-state index in [1.54, 1.807) is 24.3 Å². The summed E-state index contributed by atoms with van der Waals surface area (Å²) >= 11 is 15.4. The summed E-state index contributed by atoms with van der Waals surface area (Å²) in [6.45, 7) is 0. The number of carbonyl (C=O) groups is 1. The van der Waals surface area contributed by atoms with Gasteiger partial charge in [-0.1, -0.05) is 41.6 Å². The number of nitro benzene ring substituents is 1. The average molecular weight is 472 g/mol. The zero-order chi connectivity index (χ0) is 19.0. The number of amides is 1. The molecule has 0 atom stereocenters. The Morgan fingerprint density at radius 2 is 2.08 bits per heavy atom. The quantitative estimate of drug-likeness (QED) is 0.289. The molecule has 0 bridgehead atoms. The lowest BCUT2D eigenvalue weighted by Gasteiger charge is -2.14. The van der Waals surface area contributed by atoms with Gasteiger partial charge in [0.25, 0.3) is 5.91 Å². The fraction of sp³-hybridized carbons (Fsp3) is 0. The maximum absolute atomic E-state index is 12.7. The molecule has 1 N–H and O–H groups in total. The Labute approximate surface area is 170 Å². The van der Waals surface area contributed by atoms with Gasteiger partial charge in [0.05, 0.1) is 20.0 Å². The second-order valence-corrected chi connectivity index (χ2v) is 8.09. The van der Waals surface area contributed by atoms with Gasteiger partial charge in [0.1, 0.15) is 0 Å². The van der Waals surface area contributed by atoms with Crippen LogP contribution in [0.15, 0.2) is 45.8 Å². The topological polar surface area (TPSA) is 83.7 Å². The molecule has 1 aliphatic heterocycles. The number of phenolic OH excluding ortho intramolecular Hbond substituents is 1. The van der Waals surface area contributed by atoms with Gasteiger partial charge in [-0.25, -0.2) is 0 Å². The molecular formula is C16H8BrClN2O4S2. The molecule has 1 heterocycles. The van der Waals surface area contributed by atoms with Crippen LogP contribution in [0.3, 0.4) is 0 Å². The van der Waals surface area contributed by atoms with Crippen LogP contribution in [-0.2, 0) is 4.79 Å². The van der Waals surface area contributed by atoms with Crippen LogP contribution >= 0.6 is 51.5 Å². The molecule has 0 spiro atoms. The van der Waals surface area contributed by atoms with E-state index in [2.05, 4.69) is 15.9 Å². The highest BCUT2D eigenvalue weighted by Crippen LogP contribution is 2.39. The minimum Gasteiger partial charge on any atom is -0.501 e. The SMILES string of the molecule is O=C1C(=Cc2cc(Br)c(O)c([N+](=O)[O-])c2)SC(=S)N1c1cccc(Cl)c1. The summed E-state index contributed by atoms with van der Waals surface area (Å²) in [4.78, 5) is 24.7. The number of thioether (sulfide) groups is 1. The van der Waals surface area contributed by atoms with Crippen LogP contribution in [0.25, 0.3) is 6.08 Å². The lowest BCUT2D eigenvalue weighted by atomic mass is 10.1. The van der Waals surface area contributed by atoms with Crippen molar-refractivity contribution >= 4 is 79.2 Å². The van der Waals surface area contributed by atoms with E-state index in [0.29, 0.717) is 25.5 Å². The third-order valence-corrected chi connectivity index (χ3v) is 5.56. The largest absolute Gasteiger partial charge is 0.501 e. The zero-order valence-corrected chi connectivity index (χ0v) is 16.7. The lowest BCUT2D eigenvalue weighted by Crippen LogP contribution is -2.27. The van der Waals surface area contributed by atoms with Gasteiger partial charge in [0.2, 0.25) is 5.75 Å². The molecule has 2 aromatic carbocycles. The van der Waals surface area contributed by atoms with Crippen molar-refractivity contribution in [1.29, 1.82) is 0 Å². The Morgan fingerprint density at radius 1 is 1.35 bits per heavy atom. The van der Waals surface area contributed by atoms with E-state index in [-0.39, 0.29) is 10.4 Å². The molecule has 2 aromatic rings. The van der Waals surface area contributed by atoms with Crippen molar-refractivity contribution in [2.45, 2.75) is 0 Å². The number of aromatic hydroxyl groups is 1. The molecule has 6 nitrogen and oxygen atoms in total. The summed E-state index contributed by atoms with van der Waals surface area (Å²) in [5.74, 6) is -0.826. The molecule has 1 aliphatic rings. The monoisotopic (exact) mass is 470 g/mol. The highest BCUT2D eigenvalue weighted by atomic mass is 79.9. The third kappa shape index (κ3) is 3.61. The second kappa shape index (κ2) is 7.36. The van der Waals surface area contributed by atoms with Gasteiger partial charge in [-0.05, 0) is 51.8 Å². The van der Waals surface area contributed by atoms with Crippen LogP contribution in [0, 0.1) is 10.1 Å². The molecule has 26 heavy (non-hydrogen) atoms. The molecule has 0 aliphatic carbocycles. The van der Waals surface area contributed by atoms with Crippen molar-refractivity contribution < 1.29 is 14.8 Å². The standard InChI is InChI=1S/C16H8BrClN2O4S2/c17-11-4-8(5-12(14(11)21)20(23)24)6-13-15(22)19(16(25)26-13)10-3-1-2-9(18)7-10/h1-7,21H. The number of hydrogen-bond donors (Lipinski definition) is 1. The van der Waals surface area contributed by atoms with Crippen LogP contribution in [0.1, 0.15) is 5.56 Å². The van der Waals surface area contributed by atoms with Gasteiger partial charge >= 0.3 is 5.69 Å². The minimum atomic E-state index is -0.700. The van der Waals surface area contributed by atoms with Crippen LogP contribution in [-0.4, -0.2) is 20.3 Å². The number of halogens is 2. The van der Waals surface area contributed by atoms with E-state index in [1.807, 2.05) is 0 Å². The maximum Gasteiger partial charge on any atom is 0.312 e. The average Bonchev–Trinajstić information content (AvgIpc) is 2.84. The van der Waals surface area contributed by atoms with E-state index in [0.717, 1.165) is 11.8 Å². The predicted octanol–water partition coefficient (Wildman–Crippen LogP) is 5.12. The second-order valence-electron chi connectivity index (χ2n) is 5.12. The summed E-state index contributed by atoms with van der Waals surface area (Å²) in [6.07, 6.45) is 1.49. The van der Waals surface area contributed by atoms with Gasteiger partial charge in [-0.2, -0.15) is 0 Å². The fourth-order valence-corrected chi connectivity index (χ4v) is 4.24. The number of nitrogens with zero attached hydrogens (tertiary/aromatic N) is 2. The zero-order valence-electron chi connectivity index (χ0n) is 12.7. The number of benzene rings is 2. The van der Waals surface area contributed by atoms with Crippen molar-refractivity contribution in [3.05, 3.63) is 66.5 Å². The third-order valence-electron chi connectivity index (χ3n) is 3.42. The smallest absolute Gasteiger partial charge is 0.312 e. The number of nitro groups is 1. The molecule has 1 fully saturated rings. The molecular weight excluding hydrogens is 464 g/mol. The number of hydrogen-bond acceptors (Lipinski definition) is 6. The Kier molecular flexibility index (Phi) is 5.33. The van der Waals surface area contributed by atoms with Crippen molar-refractivity contribution in [2.24, 2.45) is 0 Å². The minimum absolute atomic E-state index is 0.156. The lowest BCUT2D eigenvalue weighted by molar-refractivity contribution is -0.386. The number of thiocarbonyl (C=S) groups is 1. The molecule has 132 valence electrons. The van der Waals surface area contributed by atoms with Crippen molar-refractivity contribution in [3.63, 3.8) is 0 Å². The molecule has 1 saturated heterocycles. The molecule has 3 rings (SSSR count). The first-order valence-corrected chi connectivity index (χ1v) is 9.38. The summed E-state index contributed by atoms with van der Waals surface area (Å²) in [6, 6.07) is 9.39. The van der Waals surface area contributed by atoms with Gasteiger partial charge in [-0.15, -0.1) is 0 Å². The fourth-order valence-electron chi connectivity index (χ4n) is 2.28. The maximum atomic E-state index is 12.7. The van der Waals surface area contributed by atoms with E-state index in [4.69, 9.17) is 23.8 Å². The van der Waals surface area contributed by atoms with Gasteiger partial charge in [-0.3, -0.25) is 19.8 Å². The molecule has 0 saturated carbocycles. The van der Waals surface area contributed by atoms with Gasteiger partial charge < -0.3 is 5.11 Å². The van der Waals surface area contributed by atoms with E-state index >= 15 is 0 Å². The summed E-state index contributed by atoms with van der Waals surface area (Å²) in [7, 11) is 0. The first-order chi connectivity index (χ1) is 12.3. The molecule has 1 amide bonds. The number of rotatable bonds is 3. The Balaban J connectivity index is 2.00. The highest BCUT2D eigenvalue weighted by molar-refractivity contribution is 9.10. The number of anilines is 1. The highest BCUT2D eigenvalue weighted by Gasteiger charge is 2.33. The Morgan fingerprint density at radius 3 is 2.73 bits per heavy atom. The van der Waals surface area contributed by atoms with Crippen molar-refractivity contribution in [2.75, 3.05) is 4.90 Å². The Bertz CT molecular complexity index is 996. The van der Waals surface area contributed by atoms with Crippen molar-refractivity contribution in [3.8, 4) is 5.75 Å². The van der Waals surface area contributed by atoms with E-state index in [1.165, 1.54) is 23.1 Å². The Hall–Kier alpha value is -1.94. The number of phenols is 1. The summed E-state index contributed by atoms with van der Waals surface area (Å²) in [5.41, 5.74) is 0.463. The number of carbonyl (C=O) groups excluding carboxylic acids is 1. The van der Waals surface area contributed by atoms with E-state index in [9.17, 15) is 20.0 Å². The van der Waals surface area contributed by atoms with Crippen LogP contribution < -0.4 is 4.90 Å². The van der Waals surface area contributed by atoms with Crippen LogP contribution in [0.5, 0.6) is 5.75 Å². The van der Waals surface area contributed by atoms with E-state index < -0.39 is 16.4 Å². The van der Waals surface area contributed by atoms with Gasteiger partial charge in [0.15, 0.2) is 4.32 Å². The first kappa shape index (κ1) is 18.8. The van der Waals surface area contributed by atoms with Crippen LogP contribution in [0.4, 0.5) is 11.4 Å². The molecule has 0 unspecified atom stereocenters. The summed E-state index contributed by atoms with van der Waals surface area (Å²) < 4.78 is 0.485. The first-order valence-electron chi connectivity index (χ1n) is 6.98. The summed E-state index contributed by atoms with van der Waals surface area (Å²) in [5, 5.41) is 21.3.